The maximum absolute atomic E-state index is 13.4. The molecule has 0 aliphatic rings. The molecule has 0 bridgehead atoms. The third-order valence-corrected chi connectivity index (χ3v) is 2.09. The van der Waals surface area contributed by atoms with Crippen LogP contribution in [0.5, 0.6) is 0 Å². The van der Waals surface area contributed by atoms with Gasteiger partial charge in [0, 0.05) is 13.2 Å². The van der Waals surface area contributed by atoms with E-state index in [1.807, 2.05) is 20.8 Å². The Kier molecular flexibility index (Phi) is 4.59. The SMILES string of the molecule is CCOC(C)(C)CNc1nc(NN)ncc1F. The van der Waals surface area contributed by atoms with Gasteiger partial charge in [-0.05, 0) is 20.8 Å². The van der Waals surface area contributed by atoms with E-state index in [4.69, 9.17) is 10.6 Å². The van der Waals surface area contributed by atoms with Gasteiger partial charge in [0.1, 0.15) is 0 Å². The summed E-state index contributed by atoms with van der Waals surface area (Å²) < 4.78 is 18.8. The van der Waals surface area contributed by atoms with Gasteiger partial charge in [-0.3, -0.25) is 5.43 Å². The highest BCUT2D eigenvalue weighted by molar-refractivity contribution is 5.40. The Morgan fingerprint density at radius 3 is 2.82 bits per heavy atom. The van der Waals surface area contributed by atoms with E-state index >= 15 is 0 Å². The van der Waals surface area contributed by atoms with E-state index in [-0.39, 0.29) is 11.8 Å². The topological polar surface area (TPSA) is 85.1 Å². The van der Waals surface area contributed by atoms with Crippen molar-refractivity contribution in [2.24, 2.45) is 5.84 Å². The lowest BCUT2D eigenvalue weighted by Crippen LogP contribution is -2.34. The zero-order valence-electron chi connectivity index (χ0n) is 10.2. The van der Waals surface area contributed by atoms with Crippen LogP contribution in [0.1, 0.15) is 20.8 Å². The number of hydrogen-bond acceptors (Lipinski definition) is 6. The summed E-state index contributed by atoms with van der Waals surface area (Å²) in [5.74, 6) is 4.87. The maximum Gasteiger partial charge on any atom is 0.239 e. The Labute approximate surface area is 99.7 Å². The van der Waals surface area contributed by atoms with Gasteiger partial charge in [0.15, 0.2) is 11.6 Å². The summed E-state index contributed by atoms with van der Waals surface area (Å²) in [6.07, 6.45) is 1.05. The first kappa shape index (κ1) is 13.6. The summed E-state index contributed by atoms with van der Waals surface area (Å²) in [5.41, 5.74) is 1.86. The van der Waals surface area contributed by atoms with E-state index in [0.717, 1.165) is 6.20 Å². The molecule has 1 aromatic rings. The first-order valence-electron chi connectivity index (χ1n) is 5.35. The molecule has 0 fully saturated rings. The highest BCUT2D eigenvalue weighted by atomic mass is 19.1. The molecule has 7 heteroatoms. The molecule has 0 amide bonds. The molecule has 0 radical (unpaired) electrons. The molecule has 0 saturated carbocycles. The number of nitrogen functional groups attached to an aromatic ring is 1. The standard InChI is InChI=1S/C10H18FN5O/c1-4-17-10(2,3)6-14-8-7(11)5-13-9(15-8)16-12/h5H,4,6,12H2,1-3H3,(H2,13,14,15,16). The molecule has 1 aromatic heterocycles. The maximum atomic E-state index is 13.4. The van der Waals surface area contributed by atoms with Gasteiger partial charge in [-0.2, -0.15) is 4.98 Å². The normalized spacial score (nSPS) is 11.4. The van der Waals surface area contributed by atoms with Crippen LogP contribution < -0.4 is 16.6 Å². The number of halogens is 1. The van der Waals surface area contributed by atoms with Crippen LogP contribution in [-0.2, 0) is 4.74 Å². The van der Waals surface area contributed by atoms with Crippen molar-refractivity contribution in [2.45, 2.75) is 26.4 Å². The van der Waals surface area contributed by atoms with Crippen molar-refractivity contribution in [3.8, 4) is 0 Å². The zero-order valence-corrected chi connectivity index (χ0v) is 10.2. The molecule has 0 spiro atoms. The van der Waals surface area contributed by atoms with Crippen LogP contribution in [0.15, 0.2) is 6.20 Å². The van der Waals surface area contributed by atoms with Crippen molar-refractivity contribution in [1.29, 1.82) is 0 Å². The molecular formula is C10H18FN5O. The number of aromatic nitrogens is 2. The summed E-state index contributed by atoms with van der Waals surface area (Å²) in [5, 5.41) is 2.87. The molecule has 17 heavy (non-hydrogen) atoms. The molecule has 0 aliphatic carbocycles. The quantitative estimate of drug-likeness (QED) is 0.513. The summed E-state index contributed by atoms with van der Waals surface area (Å²) in [6.45, 7) is 6.74. The van der Waals surface area contributed by atoms with Crippen LogP contribution in [0.4, 0.5) is 16.2 Å². The van der Waals surface area contributed by atoms with Crippen LogP contribution in [-0.4, -0.2) is 28.7 Å². The molecule has 0 saturated heterocycles. The average molecular weight is 243 g/mol. The average Bonchev–Trinajstić information content (AvgIpc) is 2.28. The lowest BCUT2D eigenvalue weighted by molar-refractivity contribution is 0.000601. The van der Waals surface area contributed by atoms with Crippen LogP contribution in [0.3, 0.4) is 0 Å². The zero-order chi connectivity index (χ0) is 12.9. The van der Waals surface area contributed by atoms with E-state index in [0.29, 0.717) is 13.2 Å². The van der Waals surface area contributed by atoms with Crippen LogP contribution >= 0.6 is 0 Å². The number of anilines is 2. The number of nitrogens with one attached hydrogen (secondary N) is 2. The second kappa shape index (κ2) is 5.74. The monoisotopic (exact) mass is 243 g/mol. The van der Waals surface area contributed by atoms with Crippen LogP contribution in [0, 0.1) is 5.82 Å². The second-order valence-corrected chi connectivity index (χ2v) is 4.08. The molecular weight excluding hydrogens is 225 g/mol. The molecule has 1 rings (SSSR count). The Balaban J connectivity index is 2.68. The number of rotatable bonds is 6. The number of nitrogens with zero attached hydrogens (tertiary/aromatic N) is 2. The first-order valence-corrected chi connectivity index (χ1v) is 5.35. The van der Waals surface area contributed by atoms with Gasteiger partial charge >= 0.3 is 0 Å². The van der Waals surface area contributed by atoms with Gasteiger partial charge in [0.25, 0.3) is 0 Å². The highest BCUT2D eigenvalue weighted by Crippen LogP contribution is 2.14. The van der Waals surface area contributed by atoms with E-state index in [2.05, 4.69) is 20.7 Å². The predicted molar refractivity (Wildman–Crippen MR) is 64.0 cm³/mol. The van der Waals surface area contributed by atoms with Gasteiger partial charge in [-0.25, -0.2) is 15.2 Å². The Morgan fingerprint density at radius 2 is 2.24 bits per heavy atom. The summed E-state index contributed by atoms with van der Waals surface area (Å²) in [6, 6.07) is 0. The van der Waals surface area contributed by atoms with Crippen molar-refractivity contribution < 1.29 is 9.13 Å². The molecule has 96 valence electrons. The number of ether oxygens (including phenoxy) is 1. The minimum absolute atomic E-state index is 0.0979. The van der Waals surface area contributed by atoms with Crippen molar-refractivity contribution in [3.63, 3.8) is 0 Å². The molecule has 1 heterocycles. The lowest BCUT2D eigenvalue weighted by Gasteiger charge is -2.25. The fourth-order valence-electron chi connectivity index (χ4n) is 1.30. The first-order chi connectivity index (χ1) is 7.98. The molecule has 0 unspecified atom stereocenters. The number of hydrogen-bond donors (Lipinski definition) is 3. The lowest BCUT2D eigenvalue weighted by atomic mass is 10.1. The minimum Gasteiger partial charge on any atom is -0.374 e. The highest BCUT2D eigenvalue weighted by Gasteiger charge is 2.18. The molecule has 0 atom stereocenters. The van der Waals surface area contributed by atoms with Crippen molar-refractivity contribution in [1.82, 2.24) is 9.97 Å². The largest absolute Gasteiger partial charge is 0.374 e. The predicted octanol–water partition coefficient (Wildman–Crippen LogP) is 1.13. The van der Waals surface area contributed by atoms with Gasteiger partial charge in [-0.15, -0.1) is 0 Å². The molecule has 0 aliphatic heterocycles. The fraction of sp³-hybridized carbons (Fsp3) is 0.600. The van der Waals surface area contributed by atoms with E-state index in [9.17, 15) is 4.39 Å². The Morgan fingerprint density at radius 1 is 1.53 bits per heavy atom. The van der Waals surface area contributed by atoms with Crippen molar-refractivity contribution >= 4 is 11.8 Å². The van der Waals surface area contributed by atoms with Crippen molar-refractivity contribution in [2.75, 3.05) is 23.9 Å². The second-order valence-electron chi connectivity index (χ2n) is 4.08. The molecule has 4 N–H and O–H groups in total. The molecule has 0 aromatic carbocycles. The Hall–Kier alpha value is -1.47. The summed E-state index contributed by atoms with van der Waals surface area (Å²) >= 11 is 0. The van der Waals surface area contributed by atoms with Crippen molar-refractivity contribution in [3.05, 3.63) is 12.0 Å². The van der Waals surface area contributed by atoms with Gasteiger partial charge in [-0.1, -0.05) is 0 Å². The van der Waals surface area contributed by atoms with Gasteiger partial charge < -0.3 is 10.1 Å². The van der Waals surface area contributed by atoms with Crippen LogP contribution in [0.25, 0.3) is 0 Å². The summed E-state index contributed by atoms with van der Waals surface area (Å²) in [7, 11) is 0. The van der Waals surface area contributed by atoms with Crippen LogP contribution in [0.2, 0.25) is 0 Å². The third kappa shape index (κ3) is 4.12. The number of nitrogens with two attached hydrogens (primary N) is 1. The van der Waals surface area contributed by atoms with Gasteiger partial charge in [0.2, 0.25) is 5.95 Å². The van der Waals surface area contributed by atoms with E-state index < -0.39 is 11.4 Å². The Bertz CT molecular complexity index is 372. The fourth-order valence-corrected chi connectivity index (χ4v) is 1.30. The van der Waals surface area contributed by atoms with E-state index in [1.165, 1.54) is 0 Å². The minimum atomic E-state index is -0.531. The third-order valence-electron chi connectivity index (χ3n) is 2.09. The number of hydrazine groups is 1. The molecule has 6 nitrogen and oxygen atoms in total. The summed E-state index contributed by atoms with van der Waals surface area (Å²) in [4.78, 5) is 7.51. The van der Waals surface area contributed by atoms with E-state index in [1.54, 1.807) is 0 Å². The smallest absolute Gasteiger partial charge is 0.239 e. The van der Waals surface area contributed by atoms with Gasteiger partial charge in [0.05, 0.1) is 11.8 Å².